The summed E-state index contributed by atoms with van der Waals surface area (Å²) >= 11 is 0. The quantitative estimate of drug-likeness (QED) is 0.132. The van der Waals surface area contributed by atoms with Crippen molar-refractivity contribution in [2.75, 3.05) is 34.9 Å². The van der Waals surface area contributed by atoms with Crippen molar-refractivity contribution in [3.8, 4) is 45.6 Å². The van der Waals surface area contributed by atoms with E-state index in [-0.39, 0.29) is 17.4 Å². The van der Waals surface area contributed by atoms with Crippen molar-refractivity contribution in [3.05, 3.63) is 94.0 Å². The van der Waals surface area contributed by atoms with Crippen LogP contribution < -0.4 is 34.3 Å². The predicted octanol–water partition coefficient (Wildman–Crippen LogP) is 2.78. The summed E-state index contributed by atoms with van der Waals surface area (Å²) in [5, 5.41) is 59.9. The molecule has 0 spiro atoms. The number of phenols is 1. The number of carboxylic acids is 1. The number of benzene rings is 4. The molecule has 1 aliphatic carbocycles. The van der Waals surface area contributed by atoms with Crippen LogP contribution in [0.4, 0.5) is 0 Å². The molecule has 9 rings (SSSR count). The summed E-state index contributed by atoms with van der Waals surface area (Å²) in [6, 6.07) is 18.7. The van der Waals surface area contributed by atoms with Crippen LogP contribution in [0.2, 0.25) is 0 Å². The number of nitrogens with one attached hydrogen (secondary N) is 2. The highest BCUT2D eigenvalue weighted by Crippen LogP contribution is 2.61. The molecule has 8 atom stereocenters. The van der Waals surface area contributed by atoms with Crippen LogP contribution in [0, 0.1) is 0 Å². The molecule has 4 aromatic rings. The Morgan fingerprint density at radius 1 is 0.909 bits per heavy atom. The first-order chi connectivity index (χ1) is 26.5. The van der Waals surface area contributed by atoms with E-state index in [1.807, 2.05) is 25.2 Å². The number of carbonyl (C=O) groups is 1. The van der Waals surface area contributed by atoms with Gasteiger partial charge in [0.15, 0.2) is 11.5 Å². The Morgan fingerprint density at radius 3 is 2.44 bits per heavy atom. The van der Waals surface area contributed by atoms with Crippen LogP contribution in [0.1, 0.15) is 45.4 Å². The van der Waals surface area contributed by atoms with Gasteiger partial charge in [-0.15, -0.1) is 0 Å². The van der Waals surface area contributed by atoms with Gasteiger partial charge in [-0.05, 0) is 78.2 Å². The number of hydrogen-bond acceptors (Lipinski definition) is 13. The highest BCUT2D eigenvalue weighted by atomic mass is 16.7. The first-order valence-electron chi connectivity index (χ1n) is 18.1. The molecule has 4 heterocycles. The summed E-state index contributed by atoms with van der Waals surface area (Å²) in [4.78, 5) is 12.5. The second-order valence-electron chi connectivity index (χ2n) is 14.4. The Balaban J connectivity index is 1.35. The molecule has 0 saturated carbocycles. The molecule has 14 heteroatoms. The molecule has 7 N–H and O–H groups in total. The van der Waals surface area contributed by atoms with E-state index in [1.54, 1.807) is 38.5 Å². The molecule has 4 aromatic carbocycles. The lowest BCUT2D eigenvalue weighted by molar-refractivity contribution is -0.305. The van der Waals surface area contributed by atoms with Crippen molar-refractivity contribution in [2.24, 2.45) is 0 Å². The summed E-state index contributed by atoms with van der Waals surface area (Å²) in [7, 11) is 6.49. The lowest BCUT2D eigenvalue weighted by Crippen LogP contribution is -2.71. The number of aromatic hydroxyl groups is 1. The molecular weight excluding hydrogens is 712 g/mol. The molecular formula is C41H44N2O12. The second-order valence-corrected chi connectivity index (χ2v) is 14.4. The zero-order valence-electron chi connectivity index (χ0n) is 30.7. The van der Waals surface area contributed by atoms with Crippen LogP contribution in [-0.2, 0) is 28.9 Å². The third-order valence-electron chi connectivity index (χ3n) is 11.1. The zero-order valence-corrected chi connectivity index (χ0v) is 30.7. The predicted molar refractivity (Wildman–Crippen MR) is 197 cm³/mol. The minimum Gasteiger partial charge on any atom is -0.508 e. The van der Waals surface area contributed by atoms with Gasteiger partial charge in [0, 0.05) is 36.7 Å². The smallest absolute Gasteiger partial charge is 0.340 e. The lowest BCUT2D eigenvalue weighted by Gasteiger charge is -2.46. The van der Waals surface area contributed by atoms with Crippen LogP contribution in [0.15, 0.2) is 60.7 Å². The molecule has 0 amide bonds. The highest BCUT2D eigenvalue weighted by Gasteiger charge is 2.59. The Labute approximate surface area is 317 Å². The van der Waals surface area contributed by atoms with Crippen LogP contribution in [-0.4, -0.2) is 103 Å². The number of likely N-dealkylation sites (N-methyl/N-ethyl adjacent to an activating group) is 1. The Morgan fingerprint density at radius 2 is 1.71 bits per heavy atom. The van der Waals surface area contributed by atoms with Crippen LogP contribution in [0.25, 0.3) is 11.1 Å². The van der Waals surface area contributed by atoms with Crippen molar-refractivity contribution in [1.29, 1.82) is 0 Å². The molecule has 55 heavy (non-hydrogen) atoms. The van der Waals surface area contributed by atoms with Crippen molar-refractivity contribution in [2.45, 2.75) is 67.7 Å². The standard InChI is InChI=1S/C41H44N2O12/c1-42-17-22-13-29(50-3)35(51-4)37-30(22)32-27-12-20-7-5-6-19(10-20)11-21-8-9-23(44)14-25(21)26-15-24(16-28(53-27)31(26)36(32)54-37)52-39-34(46)33(45)38(47)41(55-39,18-43-2)40(48)49/h5-10,13-16,27,32-34,36,38-39,42-47H,11-12,17-18H2,1-4H3,(H,48,49)/t27-,32+,33-,34-,36+,38+,39-,41+/m1/s1. The van der Waals surface area contributed by atoms with Gasteiger partial charge in [0.25, 0.3) is 0 Å². The van der Waals surface area contributed by atoms with Crippen LogP contribution in [0.5, 0.6) is 34.5 Å². The fourth-order valence-corrected chi connectivity index (χ4v) is 8.65. The van der Waals surface area contributed by atoms with Crippen molar-refractivity contribution < 1.29 is 58.7 Å². The van der Waals surface area contributed by atoms with E-state index >= 15 is 0 Å². The molecule has 14 nitrogen and oxygen atoms in total. The average molecular weight is 757 g/mol. The van der Waals surface area contributed by atoms with Gasteiger partial charge >= 0.3 is 5.97 Å². The first-order valence-corrected chi connectivity index (χ1v) is 18.1. The summed E-state index contributed by atoms with van der Waals surface area (Å²) < 4.78 is 37.8. The molecule has 290 valence electrons. The maximum Gasteiger partial charge on any atom is 0.340 e. The number of carboxylic acid groups (broad SMARTS) is 1. The monoisotopic (exact) mass is 756 g/mol. The van der Waals surface area contributed by atoms with Gasteiger partial charge in [-0.3, -0.25) is 0 Å². The molecule has 4 aliphatic heterocycles. The maximum atomic E-state index is 12.5. The van der Waals surface area contributed by atoms with Gasteiger partial charge in [0.1, 0.15) is 47.8 Å². The van der Waals surface area contributed by atoms with Crippen molar-refractivity contribution in [3.63, 3.8) is 0 Å². The summed E-state index contributed by atoms with van der Waals surface area (Å²) in [5.74, 6) is 0.135. The van der Waals surface area contributed by atoms with E-state index < -0.39 is 54.9 Å². The first kappa shape index (κ1) is 36.9. The average Bonchev–Trinajstić information content (AvgIpc) is 3.57. The number of phenolic OH excluding ortho intramolecular Hbond substituents is 1. The molecule has 1 saturated heterocycles. The lowest BCUT2D eigenvalue weighted by atomic mass is 9.77. The van der Waals surface area contributed by atoms with E-state index in [2.05, 4.69) is 28.8 Å². The number of ether oxygens (including phenoxy) is 6. The third-order valence-corrected chi connectivity index (χ3v) is 11.1. The molecule has 0 aromatic heterocycles. The van der Waals surface area contributed by atoms with E-state index in [0.29, 0.717) is 59.1 Å². The number of aliphatic hydroxyl groups is 3. The highest BCUT2D eigenvalue weighted by molar-refractivity contribution is 5.80. The van der Waals surface area contributed by atoms with Crippen molar-refractivity contribution >= 4 is 5.97 Å². The fourth-order valence-electron chi connectivity index (χ4n) is 8.65. The van der Waals surface area contributed by atoms with Crippen LogP contribution in [0.3, 0.4) is 0 Å². The third kappa shape index (κ3) is 6.00. The molecule has 1 fully saturated rings. The van der Waals surface area contributed by atoms with Gasteiger partial charge in [-0.2, -0.15) is 0 Å². The number of fused-ring (bicyclic) bond motifs is 1. The van der Waals surface area contributed by atoms with Gasteiger partial charge in [0.05, 0.1) is 20.1 Å². The number of methoxy groups -OCH3 is 2. The number of aliphatic carboxylic acids is 1. The minimum absolute atomic E-state index is 0.0191. The Kier molecular flexibility index (Phi) is 9.52. The minimum atomic E-state index is -2.35. The topological polar surface area (TPSA) is 198 Å². The maximum absolute atomic E-state index is 12.5. The Hall–Kier alpha value is -5.09. The molecule has 6 bridgehead atoms. The number of hydrogen-bond donors (Lipinski definition) is 7. The summed E-state index contributed by atoms with van der Waals surface area (Å²) in [6.07, 6.45) is -7.51. The van der Waals surface area contributed by atoms with E-state index in [4.69, 9.17) is 28.4 Å². The zero-order chi connectivity index (χ0) is 38.8. The normalized spacial score (nSPS) is 27.3. The Bertz CT molecular complexity index is 2140. The SMILES string of the molecule is CNCc1cc(OC)c(OC)c2c1[C@@H]1[C@H]3Cc4cccc(c4)Cc4ccc(O)cc4-c4cc(O[C@@H]5O[C@](CNC)(C(=O)O)[C@@H](O)[C@H](O)[C@H]5O)cc(c4[C@@H]1O2)O3. The number of aliphatic hydroxyl groups excluding tert-OH is 3. The fraction of sp³-hybridized carbons (Fsp3) is 0.390. The van der Waals surface area contributed by atoms with Crippen LogP contribution >= 0.6 is 0 Å². The largest absolute Gasteiger partial charge is 0.508 e. The summed E-state index contributed by atoms with van der Waals surface area (Å²) in [6.45, 7) is 0.112. The van der Waals surface area contributed by atoms with Gasteiger partial charge < -0.3 is 64.6 Å². The number of rotatable bonds is 9. The van der Waals surface area contributed by atoms with E-state index in [9.17, 15) is 30.3 Å². The molecule has 0 unspecified atom stereocenters. The van der Waals surface area contributed by atoms with E-state index in [1.165, 1.54) is 7.05 Å². The molecule has 5 aliphatic rings. The molecule has 0 radical (unpaired) electrons. The summed E-state index contributed by atoms with van der Waals surface area (Å²) in [5.41, 5.74) is 4.42. The second kappa shape index (κ2) is 14.2. The van der Waals surface area contributed by atoms with Gasteiger partial charge in [-0.1, -0.05) is 30.3 Å². The van der Waals surface area contributed by atoms with Crippen molar-refractivity contribution in [1.82, 2.24) is 10.6 Å². The van der Waals surface area contributed by atoms with Gasteiger partial charge in [0.2, 0.25) is 17.6 Å². The van der Waals surface area contributed by atoms with Gasteiger partial charge in [-0.25, -0.2) is 4.79 Å². The van der Waals surface area contributed by atoms with E-state index in [0.717, 1.165) is 27.8 Å².